The molecule has 5 heteroatoms. The van der Waals surface area contributed by atoms with E-state index in [2.05, 4.69) is 53.1 Å². The number of aryl methyl sites for hydroxylation is 1. The molecule has 0 bridgehead atoms. The summed E-state index contributed by atoms with van der Waals surface area (Å²) in [5, 5.41) is 5.67. The molecule has 3 rings (SSSR count). The number of benzene rings is 1. The van der Waals surface area contributed by atoms with Crippen LogP contribution in [-0.4, -0.2) is 22.8 Å². The molecule has 0 fully saturated rings. The Kier molecular flexibility index (Phi) is 4.21. The SMILES string of the molecule is Cc1c(SC2=NCCN2)c2ccccc2n1C.I. The van der Waals surface area contributed by atoms with Crippen molar-refractivity contribution >= 4 is 51.8 Å². The number of aliphatic imine (C=N–C) groups is 1. The van der Waals surface area contributed by atoms with E-state index in [1.54, 1.807) is 11.8 Å². The van der Waals surface area contributed by atoms with Crippen LogP contribution in [0.15, 0.2) is 34.2 Å². The summed E-state index contributed by atoms with van der Waals surface area (Å²) in [7, 11) is 2.12. The monoisotopic (exact) mass is 373 g/mol. The molecule has 1 aliphatic heterocycles. The lowest BCUT2D eigenvalue weighted by molar-refractivity contribution is 0.901. The van der Waals surface area contributed by atoms with E-state index in [-0.39, 0.29) is 24.0 Å². The van der Waals surface area contributed by atoms with E-state index in [4.69, 9.17) is 0 Å². The summed E-state index contributed by atoms with van der Waals surface area (Å²) in [4.78, 5) is 5.76. The maximum Gasteiger partial charge on any atom is 0.161 e. The first-order valence-corrected chi connectivity index (χ1v) is 6.59. The second kappa shape index (κ2) is 5.52. The summed E-state index contributed by atoms with van der Waals surface area (Å²) in [6.07, 6.45) is 0. The van der Waals surface area contributed by atoms with E-state index in [0.29, 0.717) is 0 Å². The van der Waals surface area contributed by atoms with Crippen molar-refractivity contribution in [2.24, 2.45) is 12.0 Å². The number of rotatable bonds is 1. The first-order valence-electron chi connectivity index (χ1n) is 5.77. The summed E-state index contributed by atoms with van der Waals surface area (Å²) in [6.45, 7) is 4.02. The van der Waals surface area contributed by atoms with Crippen molar-refractivity contribution in [1.29, 1.82) is 0 Å². The lowest BCUT2D eigenvalue weighted by Crippen LogP contribution is -2.14. The van der Waals surface area contributed by atoms with Crippen LogP contribution < -0.4 is 5.32 Å². The molecule has 0 radical (unpaired) electrons. The maximum absolute atomic E-state index is 4.45. The van der Waals surface area contributed by atoms with Crippen molar-refractivity contribution in [1.82, 2.24) is 9.88 Å². The molecule has 18 heavy (non-hydrogen) atoms. The third-order valence-corrected chi connectivity index (χ3v) is 4.37. The quantitative estimate of drug-likeness (QED) is 0.779. The van der Waals surface area contributed by atoms with Gasteiger partial charge in [-0.2, -0.15) is 0 Å². The summed E-state index contributed by atoms with van der Waals surface area (Å²) >= 11 is 1.75. The third kappa shape index (κ3) is 2.25. The summed E-state index contributed by atoms with van der Waals surface area (Å²) in [6, 6.07) is 8.52. The standard InChI is InChI=1S/C13H15N3S.HI/c1-9-12(17-13-14-7-8-15-13)10-5-3-4-6-11(10)16(9)2;/h3-6H,7-8H2,1-2H3,(H,14,15);1H. The average molecular weight is 373 g/mol. The van der Waals surface area contributed by atoms with Gasteiger partial charge in [0.15, 0.2) is 5.17 Å². The molecule has 0 atom stereocenters. The lowest BCUT2D eigenvalue weighted by Gasteiger charge is -2.02. The zero-order valence-electron chi connectivity index (χ0n) is 10.4. The fraction of sp³-hybridized carbons (Fsp3) is 0.308. The number of para-hydroxylation sites is 1. The van der Waals surface area contributed by atoms with Gasteiger partial charge in [0, 0.05) is 35.1 Å². The first kappa shape index (κ1) is 13.7. The highest BCUT2D eigenvalue weighted by atomic mass is 127. The molecule has 0 spiro atoms. The number of hydrogen-bond donors (Lipinski definition) is 1. The second-order valence-electron chi connectivity index (χ2n) is 4.21. The predicted molar refractivity (Wildman–Crippen MR) is 89.2 cm³/mol. The van der Waals surface area contributed by atoms with E-state index >= 15 is 0 Å². The van der Waals surface area contributed by atoms with E-state index in [1.165, 1.54) is 21.5 Å². The summed E-state index contributed by atoms with van der Waals surface area (Å²) < 4.78 is 2.24. The van der Waals surface area contributed by atoms with Crippen molar-refractivity contribution in [3.8, 4) is 0 Å². The normalized spacial score (nSPS) is 14.2. The predicted octanol–water partition coefficient (Wildman–Crippen LogP) is 3.16. The molecule has 1 aliphatic rings. The number of fused-ring (bicyclic) bond motifs is 1. The number of amidine groups is 1. The maximum atomic E-state index is 4.45. The van der Waals surface area contributed by atoms with Crippen molar-refractivity contribution in [2.45, 2.75) is 11.8 Å². The molecule has 1 N–H and O–H groups in total. The summed E-state index contributed by atoms with van der Waals surface area (Å²) in [5.41, 5.74) is 2.58. The number of nitrogens with zero attached hydrogens (tertiary/aromatic N) is 2. The minimum atomic E-state index is 0. The minimum absolute atomic E-state index is 0. The highest BCUT2D eigenvalue weighted by molar-refractivity contribution is 14.0. The number of aromatic nitrogens is 1. The highest BCUT2D eigenvalue weighted by Gasteiger charge is 2.15. The average Bonchev–Trinajstić information content (AvgIpc) is 2.94. The van der Waals surface area contributed by atoms with Crippen molar-refractivity contribution in [3.63, 3.8) is 0 Å². The van der Waals surface area contributed by atoms with E-state index in [1.807, 2.05) is 0 Å². The van der Waals surface area contributed by atoms with Crippen LogP contribution in [0.4, 0.5) is 0 Å². The van der Waals surface area contributed by atoms with Gasteiger partial charge in [-0.3, -0.25) is 4.99 Å². The number of halogens is 1. The van der Waals surface area contributed by atoms with Gasteiger partial charge in [0.25, 0.3) is 0 Å². The Morgan fingerprint density at radius 3 is 2.83 bits per heavy atom. The molecule has 2 aromatic rings. The van der Waals surface area contributed by atoms with Gasteiger partial charge in [-0.25, -0.2) is 0 Å². The van der Waals surface area contributed by atoms with Crippen molar-refractivity contribution in [2.75, 3.05) is 13.1 Å². The number of hydrogen-bond acceptors (Lipinski definition) is 3. The van der Waals surface area contributed by atoms with E-state index in [0.717, 1.165) is 18.3 Å². The smallest absolute Gasteiger partial charge is 0.161 e. The first-order chi connectivity index (χ1) is 8.27. The fourth-order valence-electron chi connectivity index (χ4n) is 2.16. The number of thioether (sulfide) groups is 1. The molecule has 0 amide bonds. The Hall–Kier alpha value is -0.690. The Bertz CT molecular complexity index is 604. The Morgan fingerprint density at radius 2 is 2.11 bits per heavy atom. The van der Waals surface area contributed by atoms with Gasteiger partial charge in [-0.05, 0) is 13.0 Å². The molecular formula is C13H16IN3S. The zero-order chi connectivity index (χ0) is 11.8. The highest BCUT2D eigenvalue weighted by Crippen LogP contribution is 2.33. The Labute approximate surface area is 128 Å². The largest absolute Gasteiger partial charge is 0.363 e. The summed E-state index contributed by atoms with van der Waals surface area (Å²) in [5.74, 6) is 0. The van der Waals surface area contributed by atoms with Gasteiger partial charge in [0.2, 0.25) is 0 Å². The van der Waals surface area contributed by atoms with Gasteiger partial charge in [0.05, 0.1) is 6.54 Å². The second-order valence-corrected chi connectivity index (χ2v) is 5.21. The van der Waals surface area contributed by atoms with Crippen molar-refractivity contribution in [3.05, 3.63) is 30.0 Å². The van der Waals surface area contributed by atoms with Gasteiger partial charge in [-0.15, -0.1) is 24.0 Å². The van der Waals surface area contributed by atoms with Crippen LogP contribution >= 0.6 is 35.7 Å². The zero-order valence-corrected chi connectivity index (χ0v) is 13.6. The van der Waals surface area contributed by atoms with Crippen LogP contribution in [0.2, 0.25) is 0 Å². The van der Waals surface area contributed by atoms with Crippen LogP contribution in [-0.2, 0) is 7.05 Å². The molecule has 0 unspecified atom stereocenters. The fourth-order valence-corrected chi connectivity index (χ4v) is 3.25. The molecule has 3 nitrogen and oxygen atoms in total. The molecule has 0 aliphatic carbocycles. The van der Waals surface area contributed by atoms with Gasteiger partial charge >= 0.3 is 0 Å². The molecule has 1 aromatic carbocycles. The topological polar surface area (TPSA) is 29.3 Å². The van der Waals surface area contributed by atoms with Crippen LogP contribution in [0.3, 0.4) is 0 Å². The van der Waals surface area contributed by atoms with E-state index in [9.17, 15) is 0 Å². The van der Waals surface area contributed by atoms with Crippen LogP contribution in [0.1, 0.15) is 5.69 Å². The molecule has 0 saturated heterocycles. The molecule has 0 saturated carbocycles. The van der Waals surface area contributed by atoms with Crippen LogP contribution in [0.25, 0.3) is 10.9 Å². The molecule has 96 valence electrons. The van der Waals surface area contributed by atoms with Crippen LogP contribution in [0.5, 0.6) is 0 Å². The van der Waals surface area contributed by atoms with Gasteiger partial charge in [0.1, 0.15) is 0 Å². The Morgan fingerprint density at radius 1 is 1.33 bits per heavy atom. The van der Waals surface area contributed by atoms with Gasteiger partial charge in [-0.1, -0.05) is 30.0 Å². The molecule has 1 aromatic heterocycles. The van der Waals surface area contributed by atoms with E-state index < -0.39 is 0 Å². The van der Waals surface area contributed by atoms with Gasteiger partial charge < -0.3 is 9.88 Å². The van der Waals surface area contributed by atoms with Crippen LogP contribution in [0, 0.1) is 6.92 Å². The number of nitrogens with one attached hydrogen (secondary N) is 1. The molecule has 2 heterocycles. The minimum Gasteiger partial charge on any atom is -0.363 e. The third-order valence-electron chi connectivity index (χ3n) is 3.18. The van der Waals surface area contributed by atoms with Crippen molar-refractivity contribution < 1.29 is 0 Å². The lowest BCUT2D eigenvalue weighted by atomic mass is 10.2. The Balaban J connectivity index is 0.00000120. The molecular weight excluding hydrogens is 357 g/mol.